The number of anilines is 7. The molecule has 0 radical (unpaired) electrons. The molecule has 0 aliphatic carbocycles. The molecule has 3 aromatic carbocycles. The van der Waals surface area contributed by atoms with Gasteiger partial charge in [0.2, 0.25) is 11.9 Å². The number of benzene rings is 3. The minimum absolute atomic E-state index is 0.106. The average molecular weight is 1120 g/mol. The molecule has 0 saturated carbocycles. The largest absolute Gasteiger partial charge is 0.494 e. The fourth-order valence-electron chi connectivity index (χ4n) is 7.24. The number of hydrogen-bond donors (Lipinski definition) is 4. The summed E-state index contributed by atoms with van der Waals surface area (Å²) in [5, 5.41) is 25.5. The fourth-order valence-corrected chi connectivity index (χ4v) is 14.6. The van der Waals surface area contributed by atoms with Crippen molar-refractivity contribution < 1.29 is 35.4 Å². The molecule has 8 aromatic rings. The van der Waals surface area contributed by atoms with Crippen molar-refractivity contribution in [3.63, 3.8) is 0 Å². The lowest BCUT2D eigenvalue weighted by Crippen LogP contribution is -2.22. The van der Waals surface area contributed by atoms with Crippen molar-refractivity contribution in [1.29, 1.82) is 0 Å². The summed E-state index contributed by atoms with van der Waals surface area (Å²) in [5.41, 5.74) is 4.62. The molecule has 1 aliphatic heterocycles. The number of nitrogens with one attached hydrogen (secondary N) is 2. The Labute approximate surface area is 429 Å². The normalized spacial score (nSPS) is 13.2. The molecule has 70 heavy (non-hydrogen) atoms. The highest BCUT2D eigenvalue weighted by Gasteiger charge is 2.28. The van der Waals surface area contributed by atoms with Gasteiger partial charge >= 0.3 is 20.2 Å². The van der Waals surface area contributed by atoms with E-state index in [1.54, 1.807) is 19.2 Å². The third-order valence-corrected chi connectivity index (χ3v) is 19.1. The molecule has 5 aromatic heterocycles. The van der Waals surface area contributed by atoms with Crippen LogP contribution in [0.25, 0.3) is 20.4 Å². The summed E-state index contributed by atoms with van der Waals surface area (Å²) in [4.78, 5) is 19.2. The highest BCUT2D eigenvalue weighted by atomic mass is 35.5. The van der Waals surface area contributed by atoms with E-state index in [4.69, 9.17) is 47.6 Å². The molecule has 1 aliphatic rings. The lowest BCUT2D eigenvalue weighted by atomic mass is 10.1. The number of halogens is 2. The van der Waals surface area contributed by atoms with E-state index in [9.17, 15) is 25.9 Å². The monoisotopic (exact) mass is 1120 g/mol. The number of rotatable bonds is 14. The number of thioether (sulfide) groups is 1. The molecule has 9 rings (SSSR count). The summed E-state index contributed by atoms with van der Waals surface area (Å²) < 4.78 is 87.2. The molecule has 364 valence electrons. The maximum Gasteiger partial charge on any atom is 0.305 e. The van der Waals surface area contributed by atoms with Gasteiger partial charge in [-0.05, 0) is 73.7 Å². The molecule has 6 bridgehead atoms. The van der Waals surface area contributed by atoms with Crippen molar-refractivity contribution in [1.82, 2.24) is 23.7 Å². The van der Waals surface area contributed by atoms with Gasteiger partial charge < -0.3 is 29.9 Å². The molecular weight excluding hydrogens is 1090 g/mol. The van der Waals surface area contributed by atoms with Crippen LogP contribution in [0.15, 0.2) is 82.6 Å². The van der Waals surface area contributed by atoms with Crippen LogP contribution in [0.5, 0.6) is 11.5 Å². The third-order valence-electron chi connectivity index (χ3n) is 10.4. The first kappa shape index (κ1) is 49.6. The molecule has 4 N–H and O–H groups in total. The van der Waals surface area contributed by atoms with Crippen molar-refractivity contribution in [2.75, 3.05) is 54.3 Å². The number of ether oxygens (including phenoxy) is 2. The van der Waals surface area contributed by atoms with Crippen molar-refractivity contribution in [2.24, 2.45) is 20.5 Å². The quantitative estimate of drug-likeness (QED) is 0.0582. The van der Waals surface area contributed by atoms with Crippen LogP contribution < -0.4 is 29.9 Å². The molecule has 0 saturated heterocycles. The molecule has 0 fully saturated rings. The van der Waals surface area contributed by atoms with E-state index in [0.717, 1.165) is 62.7 Å². The van der Waals surface area contributed by atoms with E-state index >= 15 is 0 Å². The smallest absolute Gasteiger partial charge is 0.305 e. The molecule has 0 spiro atoms. The minimum atomic E-state index is -4.63. The zero-order valence-electron chi connectivity index (χ0n) is 36.8. The Kier molecular flexibility index (Phi) is 14.2. The average Bonchev–Trinajstić information content (AvgIpc) is 4.10. The van der Waals surface area contributed by atoms with E-state index in [-0.39, 0.29) is 63.8 Å². The van der Waals surface area contributed by atoms with E-state index in [1.165, 1.54) is 18.9 Å². The molecule has 0 atom stereocenters. The summed E-state index contributed by atoms with van der Waals surface area (Å²) in [5.74, 6) is 1.64. The highest BCUT2D eigenvalue weighted by molar-refractivity contribution is 7.98. The lowest BCUT2D eigenvalue weighted by Gasteiger charge is -2.26. The Morgan fingerprint density at radius 1 is 0.800 bits per heavy atom. The Balaban J connectivity index is 1.17. The summed E-state index contributed by atoms with van der Waals surface area (Å²) >= 11 is 17.6. The minimum Gasteiger partial charge on any atom is -0.494 e. The first-order chi connectivity index (χ1) is 33.5. The number of nitrogens with zero attached hydrogens (tertiary/aromatic N) is 11. The van der Waals surface area contributed by atoms with Gasteiger partial charge in [-0.15, -0.1) is 20.5 Å². The zero-order valence-corrected chi connectivity index (χ0v) is 44.1. The Bertz CT molecular complexity index is 3640. The SMILES string of the molecule is CCN(CC)c1cc(Nc2nc3nc(n2)SCc2cccc(c2)N(CC)c2cc(c(N=Nc4snc5sc(S(=O)(=O)O)c(Cl)c45)cc2OC)N3)c(N=Nc2snc3sc(S(=O)(=O)O)c(Cl)c23)cc1OC. The molecule has 0 unspecified atom stereocenters. The zero-order chi connectivity index (χ0) is 49.6. The van der Waals surface area contributed by atoms with Gasteiger partial charge in [0.1, 0.15) is 32.5 Å². The number of methoxy groups -OCH3 is 2. The number of thiophene rings is 2. The van der Waals surface area contributed by atoms with Gasteiger partial charge in [-0.25, -0.2) is 0 Å². The Morgan fingerprint density at radius 3 is 2.00 bits per heavy atom. The Hall–Kier alpha value is -5.40. The molecule has 6 heterocycles. The third kappa shape index (κ3) is 9.81. The van der Waals surface area contributed by atoms with Crippen LogP contribution in [-0.2, 0) is 26.0 Å². The summed E-state index contributed by atoms with van der Waals surface area (Å²) in [7, 11) is -6.17. The fraction of sp³-hybridized carbons (Fsp3) is 0.225. The van der Waals surface area contributed by atoms with E-state index < -0.39 is 28.7 Å². The summed E-state index contributed by atoms with van der Waals surface area (Å²) in [6, 6.07) is 15.1. The number of azo groups is 2. The maximum absolute atomic E-state index is 12.1. The lowest BCUT2D eigenvalue weighted by molar-refractivity contribution is 0.414. The van der Waals surface area contributed by atoms with Gasteiger partial charge in [-0.1, -0.05) is 69.8 Å². The molecule has 0 amide bonds. The van der Waals surface area contributed by atoms with Crippen LogP contribution in [0.1, 0.15) is 26.3 Å². The standard InChI is InChI=1S/C40H35Cl2N13O8S7/c1-6-54(7-2)24-13-20(22(15-26(24)62-4)48-50-32-28-30(41)36(69(56,57)58)65-34(28)52-67-32)43-38-45-39-44-21-14-25(55(8-3)19-11-9-10-18(12-19)17-64-40(46-38)47-39)27(63-5)16-23(21)49-51-33-29-31(42)37(70(59,60)61)66-35(29)53-68-33/h9-16H,6-8,17H2,1-5H3,(H,56,57,58)(H,59,60,61)(H2,43,44,45,46,47). The van der Waals surface area contributed by atoms with Crippen LogP contribution in [0.3, 0.4) is 0 Å². The Morgan fingerprint density at radius 2 is 1.41 bits per heavy atom. The van der Waals surface area contributed by atoms with E-state index in [1.807, 2.05) is 51.1 Å². The summed E-state index contributed by atoms with van der Waals surface area (Å²) in [6.45, 7) is 7.87. The van der Waals surface area contributed by atoms with Crippen LogP contribution in [0.4, 0.5) is 61.7 Å². The summed E-state index contributed by atoms with van der Waals surface area (Å²) in [6.07, 6.45) is 0. The topological polar surface area (TPSA) is 272 Å². The van der Waals surface area contributed by atoms with Crippen LogP contribution in [0.2, 0.25) is 10.0 Å². The second kappa shape index (κ2) is 20.0. The predicted octanol–water partition coefficient (Wildman–Crippen LogP) is 13.0. The number of aromatic nitrogens is 5. The van der Waals surface area contributed by atoms with Gasteiger partial charge in [-0.2, -0.15) is 40.5 Å². The highest BCUT2D eigenvalue weighted by Crippen LogP contribution is 2.49. The van der Waals surface area contributed by atoms with Crippen LogP contribution >= 0.6 is 80.7 Å². The predicted molar refractivity (Wildman–Crippen MR) is 278 cm³/mol. The van der Waals surface area contributed by atoms with E-state index in [0.29, 0.717) is 59.1 Å². The van der Waals surface area contributed by atoms with Crippen LogP contribution in [-0.4, -0.2) is 83.5 Å². The number of hydrogen-bond acceptors (Lipinski definition) is 24. The first-order valence-electron chi connectivity index (χ1n) is 20.4. The van der Waals surface area contributed by atoms with Crippen molar-refractivity contribution in [3.8, 4) is 11.5 Å². The van der Waals surface area contributed by atoms with Crippen molar-refractivity contribution in [3.05, 3.63) is 64.1 Å². The molecule has 30 heteroatoms. The number of fused-ring (bicyclic) bond motifs is 8. The molecular formula is C40H35Cl2N13O8S7. The van der Waals surface area contributed by atoms with Gasteiger partial charge in [0, 0.05) is 43.2 Å². The second-order valence-corrected chi connectivity index (χ2v) is 23.0. The maximum atomic E-state index is 12.1. The van der Waals surface area contributed by atoms with Gasteiger partial charge in [0.25, 0.3) is 0 Å². The van der Waals surface area contributed by atoms with Crippen molar-refractivity contribution in [2.45, 2.75) is 40.1 Å². The second-order valence-electron chi connectivity index (χ2n) is 14.6. The van der Waals surface area contributed by atoms with Crippen molar-refractivity contribution >= 4 is 183 Å². The van der Waals surface area contributed by atoms with Gasteiger partial charge in [0.05, 0.1) is 57.8 Å². The van der Waals surface area contributed by atoms with Gasteiger partial charge in [-0.3, -0.25) is 9.11 Å². The van der Waals surface area contributed by atoms with Gasteiger partial charge in [0.15, 0.2) is 23.6 Å². The van der Waals surface area contributed by atoms with Crippen LogP contribution in [0, 0.1) is 0 Å². The van der Waals surface area contributed by atoms with E-state index in [2.05, 4.69) is 55.7 Å². The molecule has 21 nitrogen and oxygen atoms in total. The first-order valence-corrected chi connectivity index (χ1v) is 28.2.